The lowest BCUT2D eigenvalue weighted by Crippen LogP contribution is -2.24. The Morgan fingerprint density at radius 3 is 2.70 bits per heavy atom. The molecule has 0 spiro atoms. The number of ether oxygens (including phenoxy) is 1. The van der Waals surface area contributed by atoms with E-state index < -0.39 is 0 Å². The number of pyridine rings is 1. The molecule has 0 bridgehead atoms. The minimum Gasteiger partial charge on any atom is -0.491 e. The minimum absolute atomic E-state index is 0.105. The number of nitrogens with zero attached hydrogens (tertiary/aromatic N) is 1. The van der Waals surface area contributed by atoms with E-state index >= 15 is 0 Å². The standard InChI is InChI=1S/C19H22N2O2/c1-14(2)23-18-9-6-7-16(13-18)15(3)21-19(22)11-10-17-8-4-5-12-20-17/h4-15H,1-3H3,(H,21,22)/b11-10+. The van der Waals surface area contributed by atoms with Gasteiger partial charge in [-0.25, -0.2) is 0 Å². The van der Waals surface area contributed by atoms with Crippen LogP contribution in [0.1, 0.15) is 38.1 Å². The summed E-state index contributed by atoms with van der Waals surface area (Å²) in [4.78, 5) is 16.1. The first-order valence-electron chi connectivity index (χ1n) is 7.71. The van der Waals surface area contributed by atoms with Gasteiger partial charge in [0.25, 0.3) is 0 Å². The van der Waals surface area contributed by atoms with Crippen LogP contribution in [-0.2, 0) is 4.79 Å². The number of nitrogens with one attached hydrogen (secondary N) is 1. The van der Waals surface area contributed by atoms with Crippen molar-refractivity contribution in [1.29, 1.82) is 0 Å². The second-order valence-corrected chi connectivity index (χ2v) is 5.56. The van der Waals surface area contributed by atoms with Gasteiger partial charge in [0, 0.05) is 12.3 Å². The molecule has 4 nitrogen and oxygen atoms in total. The molecular formula is C19H22N2O2. The lowest BCUT2D eigenvalue weighted by molar-refractivity contribution is -0.117. The largest absolute Gasteiger partial charge is 0.491 e. The first-order valence-corrected chi connectivity index (χ1v) is 7.71. The van der Waals surface area contributed by atoms with E-state index in [1.807, 2.05) is 63.2 Å². The monoisotopic (exact) mass is 310 g/mol. The molecule has 0 radical (unpaired) electrons. The maximum atomic E-state index is 12.0. The second kappa shape index (κ2) is 8.13. The summed E-state index contributed by atoms with van der Waals surface area (Å²) in [6.45, 7) is 5.92. The summed E-state index contributed by atoms with van der Waals surface area (Å²) in [5.74, 6) is 0.654. The van der Waals surface area contributed by atoms with Crippen LogP contribution in [0, 0.1) is 0 Å². The van der Waals surface area contributed by atoms with Crippen LogP contribution in [-0.4, -0.2) is 17.0 Å². The van der Waals surface area contributed by atoms with E-state index in [1.165, 1.54) is 6.08 Å². The highest BCUT2D eigenvalue weighted by atomic mass is 16.5. The molecule has 0 fully saturated rings. The fourth-order valence-corrected chi connectivity index (χ4v) is 2.11. The van der Waals surface area contributed by atoms with Gasteiger partial charge in [0.05, 0.1) is 17.8 Å². The second-order valence-electron chi connectivity index (χ2n) is 5.56. The molecule has 4 heteroatoms. The fraction of sp³-hybridized carbons (Fsp3) is 0.263. The van der Waals surface area contributed by atoms with Gasteiger partial charge in [0.2, 0.25) is 5.91 Å². The van der Waals surface area contributed by atoms with Crippen molar-refractivity contribution in [3.63, 3.8) is 0 Å². The average molecular weight is 310 g/mol. The van der Waals surface area contributed by atoms with E-state index in [-0.39, 0.29) is 18.1 Å². The topological polar surface area (TPSA) is 51.2 Å². The number of hydrogen-bond acceptors (Lipinski definition) is 3. The van der Waals surface area contributed by atoms with Crippen LogP contribution < -0.4 is 10.1 Å². The Hall–Kier alpha value is -2.62. The summed E-state index contributed by atoms with van der Waals surface area (Å²) in [5.41, 5.74) is 1.75. The quantitative estimate of drug-likeness (QED) is 0.827. The van der Waals surface area contributed by atoms with Crippen LogP contribution in [0.3, 0.4) is 0 Å². The van der Waals surface area contributed by atoms with Crippen LogP contribution in [0.5, 0.6) is 5.75 Å². The maximum absolute atomic E-state index is 12.0. The number of hydrogen-bond donors (Lipinski definition) is 1. The first-order chi connectivity index (χ1) is 11.0. The summed E-state index contributed by atoms with van der Waals surface area (Å²) in [5, 5.41) is 2.94. The van der Waals surface area contributed by atoms with E-state index in [0.717, 1.165) is 17.0 Å². The fourth-order valence-electron chi connectivity index (χ4n) is 2.11. The van der Waals surface area contributed by atoms with E-state index in [4.69, 9.17) is 4.74 Å². The minimum atomic E-state index is -0.154. The van der Waals surface area contributed by atoms with Crippen molar-refractivity contribution in [2.45, 2.75) is 32.9 Å². The molecular weight excluding hydrogens is 288 g/mol. The van der Waals surface area contributed by atoms with E-state index in [1.54, 1.807) is 12.3 Å². The molecule has 1 unspecified atom stereocenters. The van der Waals surface area contributed by atoms with Gasteiger partial charge in [-0.1, -0.05) is 18.2 Å². The third kappa shape index (κ3) is 5.58. The third-order valence-electron chi connectivity index (χ3n) is 3.18. The maximum Gasteiger partial charge on any atom is 0.244 e. The zero-order chi connectivity index (χ0) is 16.7. The molecule has 1 aromatic heterocycles. The van der Waals surface area contributed by atoms with Crippen LogP contribution in [0.2, 0.25) is 0 Å². The van der Waals surface area contributed by atoms with Crippen LogP contribution in [0.25, 0.3) is 6.08 Å². The molecule has 1 amide bonds. The Bertz CT molecular complexity index is 666. The normalized spacial score (nSPS) is 12.3. The van der Waals surface area contributed by atoms with Gasteiger partial charge in [0.1, 0.15) is 5.75 Å². The number of carbonyl (C=O) groups is 1. The molecule has 0 aliphatic heterocycles. The highest BCUT2D eigenvalue weighted by Gasteiger charge is 2.09. The van der Waals surface area contributed by atoms with E-state index in [0.29, 0.717) is 0 Å². The number of carbonyl (C=O) groups excluding carboxylic acids is 1. The molecule has 0 aliphatic carbocycles. The smallest absolute Gasteiger partial charge is 0.244 e. The van der Waals surface area contributed by atoms with E-state index in [2.05, 4.69) is 10.3 Å². The number of amides is 1. The van der Waals surface area contributed by atoms with Crippen molar-refractivity contribution in [1.82, 2.24) is 10.3 Å². The molecule has 1 atom stereocenters. The Morgan fingerprint density at radius 2 is 2.00 bits per heavy atom. The van der Waals surface area contributed by atoms with Crippen molar-refractivity contribution in [3.8, 4) is 5.75 Å². The molecule has 23 heavy (non-hydrogen) atoms. The average Bonchev–Trinajstić information content (AvgIpc) is 2.53. The molecule has 2 aromatic rings. The number of aromatic nitrogens is 1. The lowest BCUT2D eigenvalue weighted by Gasteiger charge is -2.15. The van der Waals surface area contributed by atoms with Crippen molar-refractivity contribution in [2.75, 3.05) is 0 Å². The van der Waals surface area contributed by atoms with E-state index in [9.17, 15) is 4.79 Å². The van der Waals surface area contributed by atoms with Crippen molar-refractivity contribution >= 4 is 12.0 Å². The molecule has 1 N–H and O–H groups in total. The lowest BCUT2D eigenvalue weighted by atomic mass is 10.1. The summed E-state index contributed by atoms with van der Waals surface area (Å²) >= 11 is 0. The van der Waals surface area contributed by atoms with Crippen molar-refractivity contribution < 1.29 is 9.53 Å². The van der Waals surface area contributed by atoms with Crippen molar-refractivity contribution in [3.05, 3.63) is 66.0 Å². The summed E-state index contributed by atoms with van der Waals surface area (Å²) < 4.78 is 5.68. The Balaban J connectivity index is 1.97. The zero-order valence-electron chi connectivity index (χ0n) is 13.7. The van der Waals surface area contributed by atoms with Gasteiger partial charge >= 0.3 is 0 Å². The van der Waals surface area contributed by atoms with Crippen LogP contribution in [0.15, 0.2) is 54.7 Å². The van der Waals surface area contributed by atoms with Crippen LogP contribution >= 0.6 is 0 Å². The first kappa shape index (κ1) is 16.7. The van der Waals surface area contributed by atoms with Gasteiger partial charge in [0.15, 0.2) is 0 Å². The number of benzene rings is 1. The summed E-state index contributed by atoms with van der Waals surface area (Å²) in [7, 11) is 0. The molecule has 0 aliphatic rings. The third-order valence-corrected chi connectivity index (χ3v) is 3.18. The zero-order valence-corrected chi connectivity index (χ0v) is 13.7. The molecule has 1 heterocycles. The predicted octanol–water partition coefficient (Wildman–Crippen LogP) is 3.76. The van der Waals surface area contributed by atoms with Gasteiger partial charge in [-0.05, 0) is 56.7 Å². The molecule has 2 rings (SSSR count). The summed E-state index contributed by atoms with van der Waals surface area (Å²) in [6.07, 6.45) is 5.00. The molecule has 0 saturated heterocycles. The van der Waals surface area contributed by atoms with Gasteiger partial charge in [-0.3, -0.25) is 9.78 Å². The predicted molar refractivity (Wildman–Crippen MR) is 92.0 cm³/mol. The van der Waals surface area contributed by atoms with Crippen molar-refractivity contribution in [2.24, 2.45) is 0 Å². The Morgan fingerprint density at radius 1 is 1.17 bits per heavy atom. The Kier molecular flexibility index (Phi) is 5.92. The molecule has 0 saturated carbocycles. The van der Waals surface area contributed by atoms with Crippen LogP contribution in [0.4, 0.5) is 0 Å². The van der Waals surface area contributed by atoms with Gasteiger partial charge < -0.3 is 10.1 Å². The number of rotatable bonds is 6. The molecule has 1 aromatic carbocycles. The van der Waals surface area contributed by atoms with Gasteiger partial charge in [-0.2, -0.15) is 0 Å². The highest BCUT2D eigenvalue weighted by molar-refractivity contribution is 5.91. The SMILES string of the molecule is CC(C)Oc1cccc(C(C)NC(=O)/C=C/c2ccccn2)c1. The van der Waals surface area contributed by atoms with Gasteiger partial charge in [-0.15, -0.1) is 0 Å². The Labute approximate surface area is 137 Å². The molecule has 120 valence electrons. The highest BCUT2D eigenvalue weighted by Crippen LogP contribution is 2.20. The summed E-state index contributed by atoms with van der Waals surface area (Å²) in [6, 6.07) is 13.2.